The Bertz CT molecular complexity index is 757. The van der Waals surface area contributed by atoms with Crippen molar-refractivity contribution in [3.63, 3.8) is 0 Å². The standard InChI is InChI=1S/C22H28N2O2S/c1-5-18-8-10-19(11-9-18)16(3)23-22(26)17(4)27-14-21(25)24-20-12-6-15(2)7-13-20/h6-13,16-17H,5,14H2,1-4H3,(H,23,26)(H,24,25). The average Bonchev–Trinajstić information content (AvgIpc) is 2.67. The van der Waals surface area contributed by atoms with Gasteiger partial charge in [0.25, 0.3) is 0 Å². The van der Waals surface area contributed by atoms with Crippen LogP contribution in [0.5, 0.6) is 0 Å². The highest BCUT2D eigenvalue weighted by Crippen LogP contribution is 2.17. The SMILES string of the molecule is CCc1ccc(C(C)NC(=O)C(C)SCC(=O)Nc2ccc(C)cc2)cc1. The molecule has 0 aromatic heterocycles. The molecule has 2 unspecified atom stereocenters. The largest absolute Gasteiger partial charge is 0.349 e. The van der Waals surface area contributed by atoms with Crippen molar-refractivity contribution < 1.29 is 9.59 Å². The van der Waals surface area contributed by atoms with Gasteiger partial charge >= 0.3 is 0 Å². The van der Waals surface area contributed by atoms with Gasteiger partial charge < -0.3 is 10.6 Å². The van der Waals surface area contributed by atoms with Crippen LogP contribution in [-0.4, -0.2) is 22.8 Å². The lowest BCUT2D eigenvalue weighted by Gasteiger charge is -2.18. The van der Waals surface area contributed by atoms with Crippen LogP contribution in [0.3, 0.4) is 0 Å². The van der Waals surface area contributed by atoms with E-state index in [9.17, 15) is 9.59 Å². The highest BCUT2D eigenvalue weighted by molar-refractivity contribution is 8.01. The fourth-order valence-electron chi connectivity index (χ4n) is 2.57. The molecule has 2 aromatic rings. The molecule has 0 bridgehead atoms. The number of benzene rings is 2. The van der Waals surface area contributed by atoms with Crippen LogP contribution in [0.1, 0.15) is 43.5 Å². The van der Waals surface area contributed by atoms with Gasteiger partial charge in [0, 0.05) is 5.69 Å². The first-order valence-electron chi connectivity index (χ1n) is 9.26. The highest BCUT2D eigenvalue weighted by Gasteiger charge is 2.18. The topological polar surface area (TPSA) is 58.2 Å². The maximum Gasteiger partial charge on any atom is 0.234 e. The molecule has 0 spiro atoms. The van der Waals surface area contributed by atoms with Crippen molar-refractivity contribution in [2.45, 2.75) is 45.4 Å². The van der Waals surface area contributed by atoms with Crippen molar-refractivity contribution in [1.82, 2.24) is 5.32 Å². The minimum atomic E-state index is -0.300. The lowest BCUT2D eigenvalue weighted by atomic mass is 10.0. The van der Waals surface area contributed by atoms with Gasteiger partial charge in [0.2, 0.25) is 11.8 Å². The summed E-state index contributed by atoms with van der Waals surface area (Å²) in [6, 6.07) is 15.9. The van der Waals surface area contributed by atoms with Crippen LogP contribution in [0, 0.1) is 6.92 Å². The van der Waals surface area contributed by atoms with E-state index >= 15 is 0 Å². The van der Waals surface area contributed by atoms with Crippen LogP contribution < -0.4 is 10.6 Å². The lowest BCUT2D eigenvalue weighted by Crippen LogP contribution is -2.33. The van der Waals surface area contributed by atoms with Gasteiger partial charge in [-0.25, -0.2) is 0 Å². The summed E-state index contributed by atoms with van der Waals surface area (Å²) in [5, 5.41) is 5.57. The number of rotatable bonds is 8. The summed E-state index contributed by atoms with van der Waals surface area (Å²) < 4.78 is 0. The Kier molecular flexibility index (Phi) is 7.92. The summed E-state index contributed by atoms with van der Waals surface area (Å²) in [6.45, 7) is 7.92. The smallest absolute Gasteiger partial charge is 0.234 e. The quantitative estimate of drug-likeness (QED) is 0.705. The monoisotopic (exact) mass is 384 g/mol. The fourth-order valence-corrected chi connectivity index (χ4v) is 3.26. The van der Waals surface area contributed by atoms with Gasteiger partial charge in [-0.1, -0.05) is 48.9 Å². The first kappa shape index (κ1) is 21.0. The number of hydrogen-bond acceptors (Lipinski definition) is 3. The first-order valence-corrected chi connectivity index (χ1v) is 10.3. The lowest BCUT2D eigenvalue weighted by molar-refractivity contribution is -0.120. The molecule has 144 valence electrons. The van der Waals surface area contributed by atoms with Crippen LogP contribution in [0.4, 0.5) is 5.69 Å². The summed E-state index contributed by atoms with van der Waals surface area (Å²) in [5.74, 6) is 0.0732. The Labute approximate surface area is 166 Å². The molecule has 2 aromatic carbocycles. The van der Waals surface area contributed by atoms with Gasteiger partial charge in [-0.15, -0.1) is 11.8 Å². The average molecular weight is 385 g/mol. The molecule has 2 amide bonds. The number of hydrogen-bond donors (Lipinski definition) is 2. The van der Waals surface area contributed by atoms with E-state index in [1.54, 1.807) is 0 Å². The Morgan fingerprint density at radius 3 is 2.22 bits per heavy atom. The summed E-state index contributed by atoms with van der Waals surface area (Å²) >= 11 is 1.33. The molecule has 0 saturated heterocycles. The van der Waals surface area contributed by atoms with Gasteiger partial charge in [0.05, 0.1) is 17.0 Å². The van der Waals surface area contributed by atoms with E-state index in [2.05, 4.69) is 41.8 Å². The summed E-state index contributed by atoms with van der Waals surface area (Å²) in [6.07, 6.45) is 0.999. The molecule has 27 heavy (non-hydrogen) atoms. The van der Waals surface area contributed by atoms with Crippen LogP contribution in [0.25, 0.3) is 0 Å². The van der Waals surface area contributed by atoms with Crippen molar-refractivity contribution in [2.24, 2.45) is 0 Å². The maximum absolute atomic E-state index is 12.4. The van der Waals surface area contributed by atoms with E-state index in [-0.39, 0.29) is 28.9 Å². The third kappa shape index (κ3) is 6.75. The van der Waals surface area contributed by atoms with Crippen molar-refractivity contribution >= 4 is 29.3 Å². The molecule has 2 rings (SSSR count). The van der Waals surface area contributed by atoms with Gasteiger partial charge in [0.15, 0.2) is 0 Å². The zero-order valence-electron chi connectivity index (χ0n) is 16.4. The molecule has 0 heterocycles. The van der Waals surface area contributed by atoms with E-state index < -0.39 is 0 Å². The Morgan fingerprint density at radius 1 is 1.00 bits per heavy atom. The second-order valence-electron chi connectivity index (χ2n) is 6.69. The minimum absolute atomic E-state index is 0.0600. The minimum Gasteiger partial charge on any atom is -0.349 e. The summed E-state index contributed by atoms with van der Waals surface area (Å²) in [7, 11) is 0. The number of amides is 2. The number of carbonyl (C=O) groups is 2. The zero-order valence-corrected chi connectivity index (χ0v) is 17.2. The number of thioether (sulfide) groups is 1. The molecular weight excluding hydrogens is 356 g/mol. The van der Waals surface area contributed by atoms with Crippen LogP contribution in [-0.2, 0) is 16.0 Å². The molecule has 5 heteroatoms. The predicted octanol–water partition coefficient (Wildman–Crippen LogP) is 4.50. The highest BCUT2D eigenvalue weighted by atomic mass is 32.2. The van der Waals surface area contributed by atoms with Crippen LogP contribution >= 0.6 is 11.8 Å². The molecular formula is C22H28N2O2S. The van der Waals surface area contributed by atoms with Gasteiger partial charge in [-0.05, 0) is 50.5 Å². The zero-order chi connectivity index (χ0) is 19.8. The van der Waals surface area contributed by atoms with E-state index in [1.165, 1.54) is 17.3 Å². The molecule has 0 aliphatic rings. The number of nitrogens with one attached hydrogen (secondary N) is 2. The summed E-state index contributed by atoms with van der Waals surface area (Å²) in [5.41, 5.74) is 4.27. The molecule has 4 nitrogen and oxygen atoms in total. The molecule has 2 atom stereocenters. The predicted molar refractivity (Wildman–Crippen MR) is 114 cm³/mol. The van der Waals surface area contributed by atoms with Crippen LogP contribution in [0.15, 0.2) is 48.5 Å². The Morgan fingerprint density at radius 2 is 1.63 bits per heavy atom. The second kappa shape index (κ2) is 10.2. The second-order valence-corrected chi connectivity index (χ2v) is 8.02. The first-order chi connectivity index (χ1) is 12.9. The summed E-state index contributed by atoms with van der Waals surface area (Å²) in [4.78, 5) is 24.5. The normalized spacial score (nSPS) is 12.9. The molecule has 0 aliphatic heterocycles. The third-order valence-corrected chi connectivity index (χ3v) is 5.56. The van der Waals surface area contributed by atoms with E-state index in [0.717, 1.165) is 23.2 Å². The molecule has 0 aliphatic carbocycles. The Hall–Kier alpha value is -2.27. The van der Waals surface area contributed by atoms with Gasteiger partial charge in [-0.2, -0.15) is 0 Å². The molecule has 2 N–H and O–H groups in total. The molecule has 0 radical (unpaired) electrons. The number of anilines is 1. The molecule has 0 fully saturated rings. The van der Waals surface area contributed by atoms with E-state index in [4.69, 9.17) is 0 Å². The van der Waals surface area contributed by atoms with Crippen molar-refractivity contribution in [2.75, 3.05) is 11.1 Å². The number of carbonyl (C=O) groups excluding carboxylic acids is 2. The van der Waals surface area contributed by atoms with Crippen molar-refractivity contribution in [1.29, 1.82) is 0 Å². The maximum atomic E-state index is 12.4. The van der Waals surface area contributed by atoms with E-state index in [1.807, 2.05) is 45.0 Å². The fraction of sp³-hybridized carbons (Fsp3) is 0.364. The Balaban J connectivity index is 1.78. The van der Waals surface area contributed by atoms with E-state index in [0.29, 0.717) is 0 Å². The van der Waals surface area contributed by atoms with Gasteiger partial charge in [-0.3, -0.25) is 9.59 Å². The van der Waals surface area contributed by atoms with Gasteiger partial charge in [0.1, 0.15) is 0 Å². The third-order valence-electron chi connectivity index (χ3n) is 4.42. The number of aryl methyl sites for hydroxylation is 2. The van der Waals surface area contributed by atoms with Crippen molar-refractivity contribution in [3.05, 3.63) is 65.2 Å². The van der Waals surface area contributed by atoms with Crippen LogP contribution in [0.2, 0.25) is 0 Å². The molecule has 0 saturated carbocycles. The van der Waals surface area contributed by atoms with Crippen molar-refractivity contribution in [3.8, 4) is 0 Å².